The van der Waals surface area contributed by atoms with Crippen LogP contribution in [0.4, 0.5) is 0 Å². The third kappa shape index (κ3) is 1.93. The van der Waals surface area contributed by atoms with Gasteiger partial charge in [-0.05, 0) is 50.5 Å². The van der Waals surface area contributed by atoms with E-state index in [4.69, 9.17) is 4.74 Å². The van der Waals surface area contributed by atoms with E-state index >= 15 is 0 Å². The zero-order chi connectivity index (χ0) is 11.9. The lowest BCUT2D eigenvalue weighted by atomic mass is 9.93. The fraction of sp³-hybridized carbons (Fsp3) is 0.357. The molecule has 1 aliphatic heterocycles. The number of hydrogen-bond donors (Lipinski definition) is 1. The lowest BCUT2D eigenvalue weighted by Gasteiger charge is -2.32. The van der Waals surface area contributed by atoms with E-state index < -0.39 is 0 Å². The Kier molecular flexibility index (Phi) is 2.21. The fourth-order valence-corrected chi connectivity index (χ4v) is 2.24. The summed E-state index contributed by atoms with van der Waals surface area (Å²) >= 11 is 0. The summed E-state index contributed by atoms with van der Waals surface area (Å²) in [6, 6.07) is 6.33. The molecular weight excluding hydrogens is 212 g/mol. The molecule has 1 aromatic carbocycles. The Hall–Kier alpha value is -1.77. The molecule has 0 fully saturated rings. The molecule has 0 atom stereocenters. The molecule has 0 saturated heterocycles. The van der Waals surface area contributed by atoms with Crippen molar-refractivity contribution in [3.63, 3.8) is 0 Å². The Bertz CT molecular complexity index is 529. The predicted octanol–water partition coefficient (Wildman–Crippen LogP) is 3.18. The topological polar surface area (TPSA) is 37.9 Å². The summed E-state index contributed by atoms with van der Waals surface area (Å²) in [5, 5.41) is 0. The van der Waals surface area contributed by atoms with Crippen LogP contribution < -0.4 is 4.74 Å². The first-order valence-electron chi connectivity index (χ1n) is 5.95. The van der Waals surface area contributed by atoms with Crippen LogP contribution in [0.25, 0.3) is 11.3 Å². The zero-order valence-corrected chi connectivity index (χ0v) is 10.2. The summed E-state index contributed by atoms with van der Waals surface area (Å²) in [6.07, 6.45) is 5.68. The average Bonchev–Trinajstić information content (AvgIpc) is 2.81. The van der Waals surface area contributed by atoms with Gasteiger partial charge in [0.2, 0.25) is 0 Å². The van der Waals surface area contributed by atoms with Crippen molar-refractivity contribution in [3.8, 4) is 17.0 Å². The average molecular weight is 228 g/mol. The fourth-order valence-electron chi connectivity index (χ4n) is 2.24. The minimum Gasteiger partial charge on any atom is -0.488 e. The number of hydrogen-bond acceptors (Lipinski definition) is 2. The summed E-state index contributed by atoms with van der Waals surface area (Å²) < 4.78 is 5.97. The highest BCUT2D eigenvalue weighted by Gasteiger charge is 2.26. The van der Waals surface area contributed by atoms with Crippen LogP contribution in [0.5, 0.6) is 5.75 Å². The molecule has 0 unspecified atom stereocenters. The van der Waals surface area contributed by atoms with Gasteiger partial charge in [-0.3, -0.25) is 0 Å². The van der Waals surface area contributed by atoms with Crippen LogP contribution in [-0.2, 0) is 6.42 Å². The number of rotatable bonds is 1. The third-order valence-electron chi connectivity index (χ3n) is 3.25. The van der Waals surface area contributed by atoms with Crippen molar-refractivity contribution in [3.05, 3.63) is 36.3 Å². The Morgan fingerprint density at radius 3 is 3.00 bits per heavy atom. The second-order valence-electron chi connectivity index (χ2n) is 5.15. The first kappa shape index (κ1) is 10.4. The van der Waals surface area contributed by atoms with Crippen LogP contribution in [-0.4, -0.2) is 15.6 Å². The molecule has 3 nitrogen and oxygen atoms in total. The molecule has 2 aromatic rings. The van der Waals surface area contributed by atoms with Crippen LogP contribution in [0, 0.1) is 0 Å². The molecule has 0 amide bonds. The summed E-state index contributed by atoms with van der Waals surface area (Å²) in [6.45, 7) is 4.28. The quantitative estimate of drug-likeness (QED) is 0.814. The van der Waals surface area contributed by atoms with Gasteiger partial charge in [-0.25, -0.2) is 4.98 Å². The second-order valence-corrected chi connectivity index (χ2v) is 5.15. The molecule has 17 heavy (non-hydrogen) atoms. The van der Waals surface area contributed by atoms with Crippen LogP contribution in [0.15, 0.2) is 30.7 Å². The monoisotopic (exact) mass is 228 g/mol. The smallest absolute Gasteiger partial charge is 0.123 e. The molecular formula is C14H16N2O. The van der Waals surface area contributed by atoms with Gasteiger partial charge in [0.1, 0.15) is 11.4 Å². The van der Waals surface area contributed by atoms with Crippen LogP contribution in [0.1, 0.15) is 25.8 Å². The Balaban J connectivity index is 1.99. The number of fused-ring (bicyclic) bond motifs is 1. The van der Waals surface area contributed by atoms with Gasteiger partial charge in [0.25, 0.3) is 0 Å². The molecule has 1 N–H and O–H groups in total. The lowest BCUT2D eigenvalue weighted by Crippen LogP contribution is -2.32. The van der Waals surface area contributed by atoms with Crippen LogP contribution >= 0.6 is 0 Å². The molecule has 2 heterocycles. The van der Waals surface area contributed by atoms with Crippen molar-refractivity contribution in [2.24, 2.45) is 0 Å². The van der Waals surface area contributed by atoms with E-state index in [9.17, 15) is 0 Å². The third-order valence-corrected chi connectivity index (χ3v) is 3.25. The van der Waals surface area contributed by atoms with E-state index in [1.165, 1.54) is 11.1 Å². The highest BCUT2D eigenvalue weighted by Crippen LogP contribution is 2.35. The standard InChI is InChI=1S/C14H16N2O/c1-14(2)6-5-11-7-10(3-4-13(11)17-14)12-8-15-9-16-12/h3-4,7-9H,5-6H2,1-2H3,(H,15,16). The van der Waals surface area contributed by atoms with Gasteiger partial charge in [0, 0.05) is 5.56 Å². The number of aryl methyl sites for hydroxylation is 1. The summed E-state index contributed by atoms with van der Waals surface area (Å²) in [7, 11) is 0. The van der Waals surface area contributed by atoms with Crippen molar-refractivity contribution in [2.45, 2.75) is 32.3 Å². The molecule has 88 valence electrons. The largest absolute Gasteiger partial charge is 0.488 e. The highest BCUT2D eigenvalue weighted by molar-refractivity contribution is 5.61. The van der Waals surface area contributed by atoms with Crippen LogP contribution in [0.3, 0.4) is 0 Å². The molecule has 0 saturated carbocycles. The maximum Gasteiger partial charge on any atom is 0.123 e. The minimum absolute atomic E-state index is 0.0392. The second kappa shape index (κ2) is 3.62. The van der Waals surface area contributed by atoms with Crippen molar-refractivity contribution in [1.82, 2.24) is 9.97 Å². The lowest BCUT2D eigenvalue weighted by molar-refractivity contribution is 0.0847. The van der Waals surface area contributed by atoms with Crippen molar-refractivity contribution < 1.29 is 4.74 Å². The minimum atomic E-state index is -0.0392. The molecule has 0 spiro atoms. The van der Waals surface area contributed by atoms with Gasteiger partial charge >= 0.3 is 0 Å². The van der Waals surface area contributed by atoms with E-state index in [1.54, 1.807) is 6.33 Å². The molecule has 0 radical (unpaired) electrons. The van der Waals surface area contributed by atoms with Crippen molar-refractivity contribution in [2.75, 3.05) is 0 Å². The van der Waals surface area contributed by atoms with Gasteiger partial charge in [-0.1, -0.05) is 0 Å². The maximum absolute atomic E-state index is 5.97. The molecule has 0 bridgehead atoms. The number of ether oxygens (including phenoxy) is 1. The van der Waals surface area contributed by atoms with E-state index in [0.29, 0.717) is 0 Å². The molecule has 1 aromatic heterocycles. The van der Waals surface area contributed by atoms with Gasteiger partial charge in [-0.2, -0.15) is 0 Å². The van der Waals surface area contributed by atoms with Crippen molar-refractivity contribution in [1.29, 1.82) is 0 Å². The summed E-state index contributed by atoms with van der Waals surface area (Å²) in [4.78, 5) is 7.17. The van der Waals surface area contributed by atoms with E-state index in [1.807, 2.05) is 6.20 Å². The number of nitrogens with one attached hydrogen (secondary N) is 1. The van der Waals surface area contributed by atoms with Gasteiger partial charge in [0.05, 0.1) is 18.2 Å². The van der Waals surface area contributed by atoms with Gasteiger partial charge < -0.3 is 9.72 Å². The molecule has 3 rings (SSSR count). The zero-order valence-electron chi connectivity index (χ0n) is 10.2. The number of aromatic nitrogens is 2. The van der Waals surface area contributed by atoms with E-state index in [-0.39, 0.29) is 5.60 Å². The maximum atomic E-state index is 5.97. The van der Waals surface area contributed by atoms with E-state index in [0.717, 1.165) is 24.3 Å². The first-order chi connectivity index (χ1) is 8.14. The summed E-state index contributed by atoms with van der Waals surface area (Å²) in [5.41, 5.74) is 3.47. The number of nitrogens with zero attached hydrogens (tertiary/aromatic N) is 1. The normalized spacial score (nSPS) is 17.3. The highest BCUT2D eigenvalue weighted by atomic mass is 16.5. The Morgan fingerprint density at radius 1 is 1.35 bits per heavy atom. The Labute approximate surface area is 101 Å². The SMILES string of the molecule is CC1(C)CCc2cc(-c3cnc[nH]3)ccc2O1. The molecule has 0 aliphatic carbocycles. The number of aromatic amines is 1. The summed E-state index contributed by atoms with van der Waals surface area (Å²) in [5.74, 6) is 1.02. The number of imidazole rings is 1. The number of H-pyrrole nitrogens is 1. The van der Waals surface area contributed by atoms with Crippen molar-refractivity contribution >= 4 is 0 Å². The number of benzene rings is 1. The first-order valence-corrected chi connectivity index (χ1v) is 5.95. The van der Waals surface area contributed by atoms with Gasteiger partial charge in [0.15, 0.2) is 0 Å². The van der Waals surface area contributed by atoms with Gasteiger partial charge in [-0.15, -0.1) is 0 Å². The Morgan fingerprint density at radius 2 is 2.24 bits per heavy atom. The van der Waals surface area contributed by atoms with Crippen LogP contribution in [0.2, 0.25) is 0 Å². The van der Waals surface area contributed by atoms with E-state index in [2.05, 4.69) is 42.0 Å². The molecule has 1 aliphatic rings. The predicted molar refractivity (Wildman–Crippen MR) is 67.1 cm³/mol. The molecule has 3 heteroatoms.